The Hall–Kier alpha value is -2.07. The standard InChI is InChI=1S/C15H23N3O6S/c1-6-23-14(20)18-9-10(8-11(17(3)4)12(19)22-5)16-13(18)25-15(21)24-7-2/h9,11H,6-8H2,1-5H3/t11-/m0/s1/i3D3,4D3. The minimum Gasteiger partial charge on any atom is -0.468 e. The molecular formula is C15H23N3O6S. The molecule has 0 amide bonds. The number of esters is 1. The molecule has 0 aliphatic heterocycles. The highest BCUT2D eigenvalue weighted by Crippen LogP contribution is 2.21. The predicted molar refractivity (Wildman–Crippen MR) is 90.7 cm³/mol. The Morgan fingerprint density at radius 2 is 2.00 bits per heavy atom. The van der Waals surface area contributed by atoms with E-state index in [9.17, 15) is 14.4 Å². The molecular weight excluding hydrogens is 350 g/mol. The highest BCUT2D eigenvalue weighted by molar-refractivity contribution is 8.13. The third-order valence-corrected chi connectivity index (χ3v) is 3.57. The molecule has 1 atom stereocenters. The molecule has 0 aromatic carbocycles. The van der Waals surface area contributed by atoms with E-state index in [0.29, 0.717) is 11.8 Å². The molecule has 0 bridgehead atoms. The molecule has 1 aromatic rings. The average molecular weight is 379 g/mol. The molecule has 0 saturated carbocycles. The quantitative estimate of drug-likeness (QED) is 0.398. The highest BCUT2D eigenvalue weighted by atomic mass is 32.2. The molecule has 0 saturated heterocycles. The van der Waals surface area contributed by atoms with E-state index in [1.807, 2.05) is 0 Å². The first kappa shape index (κ1) is 13.2. The van der Waals surface area contributed by atoms with Crippen LogP contribution < -0.4 is 0 Å². The summed E-state index contributed by atoms with van der Waals surface area (Å²) in [6, 6.07) is -1.78. The molecule has 0 aliphatic carbocycles. The van der Waals surface area contributed by atoms with E-state index >= 15 is 0 Å². The van der Waals surface area contributed by atoms with Gasteiger partial charge in [-0.3, -0.25) is 9.69 Å². The Morgan fingerprint density at radius 1 is 1.32 bits per heavy atom. The summed E-state index contributed by atoms with van der Waals surface area (Å²) in [5.74, 6) is -1.13. The van der Waals surface area contributed by atoms with Crippen molar-refractivity contribution >= 4 is 29.1 Å². The smallest absolute Gasteiger partial charge is 0.420 e. The molecule has 0 unspecified atom stereocenters. The Labute approximate surface area is 159 Å². The second-order valence-electron chi connectivity index (χ2n) is 4.48. The molecule has 0 N–H and O–H groups in total. The molecule has 9 nitrogen and oxygen atoms in total. The van der Waals surface area contributed by atoms with Crippen molar-refractivity contribution in [1.29, 1.82) is 0 Å². The summed E-state index contributed by atoms with van der Waals surface area (Å²) < 4.78 is 60.4. The zero-order valence-electron chi connectivity index (χ0n) is 20.0. The molecule has 0 radical (unpaired) electrons. The number of likely N-dealkylation sites (N-methyl/N-ethyl adjacent to an activating group) is 1. The van der Waals surface area contributed by atoms with Crippen LogP contribution in [0.15, 0.2) is 11.4 Å². The first-order chi connectivity index (χ1) is 14.3. The molecule has 1 aromatic heterocycles. The number of rotatable bonds is 7. The van der Waals surface area contributed by atoms with Crippen molar-refractivity contribution in [3.63, 3.8) is 0 Å². The maximum Gasteiger partial charge on any atom is 0.420 e. The maximum absolute atomic E-state index is 12.3. The lowest BCUT2D eigenvalue weighted by Crippen LogP contribution is -2.38. The fourth-order valence-electron chi connectivity index (χ4n) is 1.74. The number of hydrogen-bond donors (Lipinski definition) is 0. The summed E-state index contributed by atoms with van der Waals surface area (Å²) in [4.78, 5) is 40.4. The number of imidazole rings is 1. The van der Waals surface area contributed by atoms with Gasteiger partial charge in [-0.2, -0.15) is 0 Å². The maximum atomic E-state index is 12.3. The second-order valence-corrected chi connectivity index (χ2v) is 5.38. The highest BCUT2D eigenvalue weighted by Gasteiger charge is 2.26. The summed E-state index contributed by atoms with van der Waals surface area (Å²) in [5, 5.41) is -0.925. The lowest BCUT2D eigenvalue weighted by Gasteiger charge is -2.20. The number of methoxy groups -OCH3 is 1. The topological polar surface area (TPSA) is 100.0 Å². The Kier molecular flexibility index (Phi) is 5.29. The van der Waals surface area contributed by atoms with Crippen LogP contribution in [-0.4, -0.2) is 72.1 Å². The number of thioether (sulfide) groups is 1. The number of aromatic nitrogens is 2. The van der Waals surface area contributed by atoms with E-state index < -0.39 is 43.8 Å². The van der Waals surface area contributed by atoms with Gasteiger partial charge in [0.1, 0.15) is 6.04 Å². The van der Waals surface area contributed by atoms with E-state index in [4.69, 9.17) is 17.7 Å². The van der Waals surface area contributed by atoms with Crippen molar-refractivity contribution in [3.05, 3.63) is 11.9 Å². The van der Waals surface area contributed by atoms with Gasteiger partial charge in [-0.1, -0.05) is 0 Å². The lowest BCUT2D eigenvalue weighted by molar-refractivity contribution is -0.145. The van der Waals surface area contributed by atoms with Gasteiger partial charge in [0, 0.05) is 32.6 Å². The van der Waals surface area contributed by atoms with Gasteiger partial charge in [0.2, 0.25) is 0 Å². The molecule has 25 heavy (non-hydrogen) atoms. The largest absolute Gasteiger partial charge is 0.468 e. The molecule has 1 heterocycles. The molecule has 140 valence electrons. The van der Waals surface area contributed by atoms with Crippen LogP contribution in [0.5, 0.6) is 0 Å². The first-order valence-corrected chi connectivity index (χ1v) is 8.05. The number of carbonyl (C=O) groups excluding carboxylic acids is 3. The molecule has 0 fully saturated rings. The van der Waals surface area contributed by atoms with Crippen LogP contribution in [0.1, 0.15) is 27.8 Å². The minimum atomic E-state index is -3.17. The van der Waals surface area contributed by atoms with Crippen LogP contribution in [0.25, 0.3) is 0 Å². The van der Waals surface area contributed by atoms with E-state index in [1.165, 1.54) is 0 Å². The summed E-state index contributed by atoms with van der Waals surface area (Å²) in [6.07, 6.45) is -0.301. The summed E-state index contributed by atoms with van der Waals surface area (Å²) >= 11 is 0.468. The van der Waals surface area contributed by atoms with Crippen LogP contribution in [0.3, 0.4) is 0 Å². The third-order valence-electron chi connectivity index (χ3n) is 2.81. The number of carbonyl (C=O) groups is 3. The summed E-state index contributed by atoms with van der Waals surface area (Å²) in [5.41, 5.74) is -0.0475. The molecule has 1 rings (SSSR count). The summed E-state index contributed by atoms with van der Waals surface area (Å²) in [6.45, 7) is -3.10. The van der Waals surface area contributed by atoms with Crippen molar-refractivity contribution < 1.29 is 36.8 Å². The van der Waals surface area contributed by atoms with Crippen molar-refractivity contribution in [2.45, 2.75) is 31.5 Å². The summed E-state index contributed by atoms with van der Waals surface area (Å²) in [7, 11) is 0.978. The monoisotopic (exact) mass is 379 g/mol. The van der Waals surface area contributed by atoms with Gasteiger partial charge < -0.3 is 14.2 Å². The van der Waals surface area contributed by atoms with Gasteiger partial charge in [0.05, 0.1) is 26.0 Å². The third kappa shape index (κ3) is 6.05. The van der Waals surface area contributed by atoms with Gasteiger partial charge in [-0.15, -0.1) is 0 Å². The normalized spacial score (nSPS) is 16.5. The first-order valence-electron chi connectivity index (χ1n) is 10.2. The zero-order valence-corrected chi connectivity index (χ0v) is 14.8. The van der Waals surface area contributed by atoms with Gasteiger partial charge in [0.15, 0.2) is 5.16 Å². The number of nitrogens with zero attached hydrogens (tertiary/aromatic N) is 3. The van der Waals surface area contributed by atoms with E-state index in [-0.39, 0.29) is 29.0 Å². The van der Waals surface area contributed by atoms with Crippen molar-refractivity contribution in [2.24, 2.45) is 0 Å². The zero-order chi connectivity index (χ0) is 24.0. The molecule has 0 spiro atoms. The molecule has 10 heteroatoms. The second kappa shape index (κ2) is 10.0. The minimum absolute atomic E-state index is 0.0204. The van der Waals surface area contributed by atoms with Crippen LogP contribution >= 0.6 is 11.8 Å². The molecule has 0 aliphatic rings. The Morgan fingerprint density at radius 3 is 2.56 bits per heavy atom. The van der Waals surface area contributed by atoms with Crippen LogP contribution in [0, 0.1) is 0 Å². The Balaban J connectivity index is 3.41. The SMILES string of the molecule is [2H]C([2H])([2H])N([C@@H](Cc1cn(C(=O)OCC)c(SC(=O)OCC)n1)C(=O)OC)C([2H])([2H])[2H]. The average Bonchev–Trinajstić information content (AvgIpc) is 3.00. The van der Waals surface area contributed by atoms with Gasteiger partial charge in [-0.05, 0) is 27.8 Å². The van der Waals surface area contributed by atoms with Crippen molar-refractivity contribution in [1.82, 2.24) is 14.5 Å². The van der Waals surface area contributed by atoms with Crippen molar-refractivity contribution in [3.8, 4) is 0 Å². The fraction of sp³-hybridized carbons (Fsp3) is 0.600. The number of ether oxygens (including phenoxy) is 3. The van der Waals surface area contributed by atoms with E-state index in [0.717, 1.165) is 17.9 Å². The van der Waals surface area contributed by atoms with Crippen LogP contribution in [-0.2, 0) is 25.4 Å². The van der Waals surface area contributed by atoms with Gasteiger partial charge >= 0.3 is 17.4 Å². The van der Waals surface area contributed by atoms with E-state index in [2.05, 4.69) is 9.72 Å². The Bertz CT molecular complexity index is 783. The van der Waals surface area contributed by atoms with Crippen LogP contribution in [0.2, 0.25) is 0 Å². The van der Waals surface area contributed by atoms with Gasteiger partial charge in [-0.25, -0.2) is 19.1 Å². The number of hydrogen-bond acceptors (Lipinski definition) is 9. The van der Waals surface area contributed by atoms with E-state index in [1.54, 1.807) is 13.8 Å². The lowest BCUT2D eigenvalue weighted by atomic mass is 10.1. The van der Waals surface area contributed by atoms with Crippen LogP contribution in [0.4, 0.5) is 9.59 Å². The fourth-order valence-corrected chi connectivity index (χ4v) is 2.45. The van der Waals surface area contributed by atoms with Gasteiger partial charge in [0.25, 0.3) is 0 Å². The van der Waals surface area contributed by atoms with Crippen molar-refractivity contribution in [2.75, 3.05) is 34.3 Å². The predicted octanol–water partition coefficient (Wildman–Crippen LogP) is 1.78.